The topological polar surface area (TPSA) is 29.1 Å². The van der Waals surface area contributed by atoms with Crippen LogP contribution in [0, 0.1) is 9.39 Å². The molecule has 0 aromatic heterocycles. The van der Waals surface area contributed by atoms with Gasteiger partial charge in [0.15, 0.2) is 0 Å². The molecule has 0 atom stereocenters. The fraction of sp³-hybridized carbons (Fsp3) is 0.222. The Labute approximate surface area is 88.7 Å². The van der Waals surface area contributed by atoms with Gasteiger partial charge >= 0.3 is 0 Å². The molecule has 0 unspecified atom stereocenters. The van der Waals surface area contributed by atoms with E-state index in [1.807, 2.05) is 0 Å². The van der Waals surface area contributed by atoms with Crippen LogP contribution in [0.1, 0.15) is 12.0 Å². The van der Waals surface area contributed by atoms with Gasteiger partial charge in [-0.3, -0.25) is 4.79 Å². The molecule has 1 heterocycles. The highest BCUT2D eigenvalue weighted by molar-refractivity contribution is 14.1. The van der Waals surface area contributed by atoms with E-state index in [-0.39, 0.29) is 11.7 Å². The van der Waals surface area contributed by atoms with Crippen LogP contribution in [0.4, 0.5) is 10.1 Å². The van der Waals surface area contributed by atoms with Crippen LogP contribution >= 0.6 is 22.6 Å². The number of anilines is 1. The van der Waals surface area contributed by atoms with Crippen molar-refractivity contribution in [3.8, 4) is 0 Å². The van der Waals surface area contributed by atoms with Crippen molar-refractivity contribution in [1.82, 2.24) is 0 Å². The van der Waals surface area contributed by atoms with Crippen LogP contribution in [0.25, 0.3) is 0 Å². The molecule has 1 aliphatic rings. The molecule has 1 N–H and O–H groups in total. The minimum atomic E-state index is -0.226. The molecular formula is C9H7FINO. The fourth-order valence-corrected chi connectivity index (χ4v) is 2.05. The van der Waals surface area contributed by atoms with Gasteiger partial charge in [0.05, 0.1) is 5.69 Å². The highest BCUT2D eigenvalue weighted by atomic mass is 127. The van der Waals surface area contributed by atoms with Gasteiger partial charge in [-0.2, -0.15) is 0 Å². The Morgan fingerprint density at radius 1 is 1.38 bits per heavy atom. The van der Waals surface area contributed by atoms with E-state index in [4.69, 9.17) is 0 Å². The predicted octanol–water partition coefficient (Wildman–Crippen LogP) is 2.31. The van der Waals surface area contributed by atoms with E-state index in [9.17, 15) is 9.18 Å². The second-order valence-corrected chi connectivity index (χ2v) is 4.09. The lowest BCUT2D eigenvalue weighted by Crippen LogP contribution is -2.20. The van der Waals surface area contributed by atoms with Crippen LogP contribution in [-0.2, 0) is 11.2 Å². The summed E-state index contributed by atoms with van der Waals surface area (Å²) in [6, 6.07) is 3.11. The summed E-state index contributed by atoms with van der Waals surface area (Å²) in [6.45, 7) is 0. The van der Waals surface area contributed by atoms with Crippen LogP contribution in [0.2, 0.25) is 0 Å². The van der Waals surface area contributed by atoms with E-state index in [2.05, 4.69) is 27.9 Å². The van der Waals surface area contributed by atoms with Crippen molar-refractivity contribution in [1.29, 1.82) is 0 Å². The highest BCUT2D eigenvalue weighted by Crippen LogP contribution is 2.29. The van der Waals surface area contributed by atoms with Gasteiger partial charge in [0.2, 0.25) is 5.91 Å². The molecule has 1 aromatic rings. The van der Waals surface area contributed by atoms with E-state index in [1.165, 1.54) is 6.07 Å². The summed E-state index contributed by atoms with van der Waals surface area (Å²) in [6.07, 6.45) is 0.883. The first kappa shape index (κ1) is 8.93. The lowest BCUT2D eigenvalue weighted by atomic mass is 10.0. The van der Waals surface area contributed by atoms with Gasteiger partial charge in [-0.1, -0.05) is 0 Å². The molecule has 1 amide bonds. The normalized spacial score (nSPS) is 15.1. The number of hydrogen-bond acceptors (Lipinski definition) is 1. The monoisotopic (exact) mass is 291 g/mol. The van der Waals surface area contributed by atoms with Gasteiger partial charge in [0.25, 0.3) is 0 Å². The van der Waals surface area contributed by atoms with Crippen LogP contribution in [0.5, 0.6) is 0 Å². The third-order valence-corrected chi connectivity index (χ3v) is 2.97. The zero-order valence-electron chi connectivity index (χ0n) is 6.73. The van der Waals surface area contributed by atoms with Crippen molar-refractivity contribution in [3.05, 3.63) is 27.1 Å². The SMILES string of the molecule is O=C1CCc2c(F)ccc(I)c2N1. The lowest BCUT2D eigenvalue weighted by molar-refractivity contribution is -0.116. The number of benzene rings is 1. The van der Waals surface area contributed by atoms with E-state index in [0.29, 0.717) is 24.1 Å². The zero-order chi connectivity index (χ0) is 9.42. The second kappa shape index (κ2) is 3.25. The Morgan fingerprint density at radius 3 is 2.92 bits per heavy atom. The predicted molar refractivity (Wildman–Crippen MR) is 56.1 cm³/mol. The Kier molecular flexibility index (Phi) is 2.23. The van der Waals surface area contributed by atoms with Crippen molar-refractivity contribution >= 4 is 34.2 Å². The number of carbonyl (C=O) groups excluding carboxylic acids is 1. The van der Waals surface area contributed by atoms with Crippen LogP contribution in [-0.4, -0.2) is 5.91 Å². The standard InChI is InChI=1S/C9H7FINO/c10-6-2-3-7(11)9-5(6)1-4-8(13)12-9/h2-3H,1,4H2,(H,12,13). The number of carbonyl (C=O) groups is 1. The van der Waals surface area contributed by atoms with Crippen molar-refractivity contribution in [2.45, 2.75) is 12.8 Å². The van der Waals surface area contributed by atoms with E-state index in [0.717, 1.165) is 3.57 Å². The molecule has 1 aliphatic heterocycles. The summed E-state index contributed by atoms with van der Waals surface area (Å²) < 4.78 is 14.1. The fourth-order valence-electron chi connectivity index (χ4n) is 1.41. The summed E-state index contributed by atoms with van der Waals surface area (Å²) in [7, 11) is 0. The van der Waals surface area contributed by atoms with E-state index < -0.39 is 0 Å². The van der Waals surface area contributed by atoms with Crippen molar-refractivity contribution in [2.75, 3.05) is 5.32 Å². The molecule has 0 bridgehead atoms. The summed E-state index contributed by atoms with van der Waals surface area (Å²) in [4.78, 5) is 11.1. The minimum absolute atomic E-state index is 0.0315. The Balaban J connectivity index is 2.57. The first-order chi connectivity index (χ1) is 6.18. The maximum Gasteiger partial charge on any atom is 0.224 e. The number of halogens is 2. The van der Waals surface area contributed by atoms with E-state index in [1.54, 1.807) is 6.07 Å². The molecule has 2 rings (SSSR count). The number of nitrogens with one attached hydrogen (secondary N) is 1. The molecule has 1 aromatic carbocycles. The second-order valence-electron chi connectivity index (χ2n) is 2.93. The zero-order valence-corrected chi connectivity index (χ0v) is 8.89. The molecule has 68 valence electrons. The Bertz CT molecular complexity index is 378. The first-order valence-corrected chi connectivity index (χ1v) is 5.03. The number of amides is 1. The molecule has 0 saturated carbocycles. The minimum Gasteiger partial charge on any atom is -0.325 e. The number of hydrogen-bond donors (Lipinski definition) is 1. The van der Waals surface area contributed by atoms with Gasteiger partial charge in [0.1, 0.15) is 5.82 Å². The average molecular weight is 291 g/mol. The first-order valence-electron chi connectivity index (χ1n) is 3.95. The summed E-state index contributed by atoms with van der Waals surface area (Å²) >= 11 is 2.09. The Hall–Kier alpha value is -0.650. The molecule has 2 nitrogen and oxygen atoms in total. The lowest BCUT2D eigenvalue weighted by Gasteiger charge is -2.18. The van der Waals surface area contributed by atoms with E-state index >= 15 is 0 Å². The maximum atomic E-state index is 13.2. The quantitative estimate of drug-likeness (QED) is 0.730. The maximum absolute atomic E-state index is 13.2. The van der Waals surface area contributed by atoms with Gasteiger partial charge in [-0.15, -0.1) is 0 Å². The summed E-state index contributed by atoms with van der Waals surface area (Å²) in [5, 5.41) is 2.68. The largest absolute Gasteiger partial charge is 0.325 e. The summed E-state index contributed by atoms with van der Waals surface area (Å²) in [5.74, 6) is -0.258. The summed E-state index contributed by atoms with van der Waals surface area (Å²) in [5.41, 5.74) is 1.28. The third kappa shape index (κ3) is 1.54. The van der Waals surface area contributed by atoms with Gasteiger partial charge < -0.3 is 5.32 Å². The molecule has 0 fully saturated rings. The Morgan fingerprint density at radius 2 is 2.15 bits per heavy atom. The molecular weight excluding hydrogens is 284 g/mol. The molecule has 0 saturated heterocycles. The third-order valence-electron chi connectivity index (χ3n) is 2.07. The molecule has 0 aliphatic carbocycles. The van der Waals surface area contributed by atoms with Crippen LogP contribution in [0.3, 0.4) is 0 Å². The average Bonchev–Trinajstić information content (AvgIpc) is 2.12. The number of rotatable bonds is 0. The highest BCUT2D eigenvalue weighted by Gasteiger charge is 2.19. The van der Waals surface area contributed by atoms with Crippen LogP contribution in [0.15, 0.2) is 12.1 Å². The molecule has 13 heavy (non-hydrogen) atoms. The van der Waals surface area contributed by atoms with Crippen molar-refractivity contribution in [3.63, 3.8) is 0 Å². The van der Waals surface area contributed by atoms with Gasteiger partial charge in [-0.25, -0.2) is 4.39 Å². The molecule has 0 spiro atoms. The number of fused-ring (bicyclic) bond motifs is 1. The molecule has 4 heteroatoms. The smallest absolute Gasteiger partial charge is 0.224 e. The van der Waals surface area contributed by atoms with Crippen LogP contribution < -0.4 is 5.32 Å². The van der Waals surface area contributed by atoms with Gasteiger partial charge in [-0.05, 0) is 41.1 Å². The molecule has 0 radical (unpaired) electrons. The van der Waals surface area contributed by atoms with Crippen molar-refractivity contribution < 1.29 is 9.18 Å². The van der Waals surface area contributed by atoms with Gasteiger partial charge in [0, 0.05) is 15.6 Å². The van der Waals surface area contributed by atoms with Crippen molar-refractivity contribution in [2.24, 2.45) is 0 Å².